The van der Waals surface area contributed by atoms with Crippen molar-refractivity contribution >= 4 is 0 Å². The number of aryl methyl sites for hydroxylation is 1. The van der Waals surface area contributed by atoms with E-state index in [2.05, 4.69) is 11.2 Å². The van der Waals surface area contributed by atoms with Crippen molar-refractivity contribution in [3.05, 3.63) is 35.1 Å². The van der Waals surface area contributed by atoms with E-state index >= 15 is 0 Å². The minimum Gasteiger partial charge on any atom is -0.313 e. The molecular formula is C14H18FN. The third-order valence-electron chi connectivity index (χ3n) is 2.54. The van der Waals surface area contributed by atoms with Gasteiger partial charge in [-0.05, 0) is 49.6 Å². The normalized spacial score (nSPS) is 10.1. The van der Waals surface area contributed by atoms with E-state index in [0.29, 0.717) is 0 Å². The molecule has 1 N–H and O–H groups in total. The Morgan fingerprint density at radius 3 is 2.88 bits per heavy atom. The third kappa shape index (κ3) is 4.46. The molecule has 0 amide bonds. The van der Waals surface area contributed by atoms with Crippen LogP contribution in [0.1, 0.15) is 30.4 Å². The minimum atomic E-state index is -0.171. The van der Waals surface area contributed by atoms with Crippen molar-refractivity contribution in [2.75, 3.05) is 6.54 Å². The standard InChI is InChI=1S/C14H18FN/c1-3-4-5-6-9-16-11-13-7-8-14(15)10-12(13)2/h1,7-8,10,16H,4-6,9,11H2,2H3. The molecule has 1 rings (SSSR count). The van der Waals surface area contributed by atoms with E-state index in [1.807, 2.05) is 13.0 Å². The number of hydrogen-bond donors (Lipinski definition) is 1. The summed E-state index contributed by atoms with van der Waals surface area (Å²) in [6.07, 6.45) is 8.16. The summed E-state index contributed by atoms with van der Waals surface area (Å²) in [5.74, 6) is 2.45. The molecule has 86 valence electrons. The molecule has 16 heavy (non-hydrogen) atoms. The first-order valence-electron chi connectivity index (χ1n) is 5.63. The number of terminal acetylenes is 1. The maximum absolute atomic E-state index is 12.8. The molecule has 0 aliphatic carbocycles. The highest BCUT2D eigenvalue weighted by Gasteiger charge is 1.99. The van der Waals surface area contributed by atoms with Gasteiger partial charge in [0.05, 0.1) is 0 Å². The van der Waals surface area contributed by atoms with Gasteiger partial charge in [-0.2, -0.15) is 0 Å². The maximum atomic E-state index is 12.8. The van der Waals surface area contributed by atoms with Crippen LogP contribution in [0.15, 0.2) is 18.2 Å². The topological polar surface area (TPSA) is 12.0 Å². The SMILES string of the molecule is C#CCCCCNCc1ccc(F)cc1C. The van der Waals surface area contributed by atoms with Gasteiger partial charge in [0.25, 0.3) is 0 Å². The zero-order chi connectivity index (χ0) is 11.8. The van der Waals surface area contributed by atoms with Crippen LogP contribution in [0.3, 0.4) is 0 Å². The van der Waals surface area contributed by atoms with Crippen molar-refractivity contribution in [3.63, 3.8) is 0 Å². The Morgan fingerprint density at radius 1 is 1.38 bits per heavy atom. The second kappa shape index (κ2) is 7.03. The van der Waals surface area contributed by atoms with E-state index in [1.54, 1.807) is 6.07 Å². The van der Waals surface area contributed by atoms with Gasteiger partial charge in [-0.1, -0.05) is 6.07 Å². The Morgan fingerprint density at radius 2 is 2.19 bits per heavy atom. The first kappa shape index (κ1) is 12.7. The first-order chi connectivity index (χ1) is 7.74. The average Bonchev–Trinajstić information content (AvgIpc) is 2.26. The predicted octanol–water partition coefficient (Wildman–Crippen LogP) is 3.03. The van der Waals surface area contributed by atoms with Crippen molar-refractivity contribution < 1.29 is 4.39 Å². The molecule has 1 aromatic rings. The first-order valence-corrected chi connectivity index (χ1v) is 5.63. The molecule has 0 bridgehead atoms. The largest absolute Gasteiger partial charge is 0.313 e. The van der Waals surface area contributed by atoms with Crippen molar-refractivity contribution in [2.45, 2.75) is 32.7 Å². The molecule has 0 saturated heterocycles. The van der Waals surface area contributed by atoms with Gasteiger partial charge >= 0.3 is 0 Å². The number of hydrogen-bond acceptors (Lipinski definition) is 1. The average molecular weight is 219 g/mol. The molecule has 0 unspecified atom stereocenters. The summed E-state index contributed by atoms with van der Waals surface area (Å²) in [6.45, 7) is 3.68. The quantitative estimate of drug-likeness (QED) is 0.573. The van der Waals surface area contributed by atoms with E-state index in [0.717, 1.165) is 43.5 Å². The molecule has 0 saturated carbocycles. The van der Waals surface area contributed by atoms with Crippen molar-refractivity contribution in [1.29, 1.82) is 0 Å². The van der Waals surface area contributed by atoms with E-state index in [1.165, 1.54) is 6.07 Å². The van der Waals surface area contributed by atoms with Crippen LogP contribution in [0.5, 0.6) is 0 Å². The van der Waals surface area contributed by atoms with Crippen LogP contribution in [0, 0.1) is 25.1 Å². The molecule has 1 nitrogen and oxygen atoms in total. The summed E-state index contributed by atoms with van der Waals surface area (Å²) in [7, 11) is 0. The number of unbranched alkanes of at least 4 members (excludes halogenated alkanes) is 2. The van der Waals surface area contributed by atoms with Gasteiger partial charge < -0.3 is 5.32 Å². The lowest BCUT2D eigenvalue weighted by Crippen LogP contribution is -2.15. The lowest BCUT2D eigenvalue weighted by atomic mass is 10.1. The van der Waals surface area contributed by atoms with E-state index < -0.39 is 0 Å². The molecule has 0 fully saturated rings. The number of nitrogens with one attached hydrogen (secondary N) is 1. The number of rotatable bonds is 6. The molecule has 0 radical (unpaired) electrons. The Kier molecular flexibility index (Phi) is 5.60. The van der Waals surface area contributed by atoms with Crippen LogP contribution in [0.2, 0.25) is 0 Å². The fourth-order valence-corrected chi connectivity index (χ4v) is 1.56. The van der Waals surface area contributed by atoms with E-state index in [9.17, 15) is 4.39 Å². The second-order valence-corrected chi connectivity index (χ2v) is 3.91. The van der Waals surface area contributed by atoms with Gasteiger partial charge in [0, 0.05) is 13.0 Å². The van der Waals surface area contributed by atoms with Crippen LogP contribution >= 0.6 is 0 Å². The third-order valence-corrected chi connectivity index (χ3v) is 2.54. The van der Waals surface area contributed by atoms with Crippen LogP contribution in [0.25, 0.3) is 0 Å². The predicted molar refractivity (Wildman–Crippen MR) is 65.5 cm³/mol. The molecule has 0 heterocycles. The monoisotopic (exact) mass is 219 g/mol. The van der Waals surface area contributed by atoms with Gasteiger partial charge in [-0.3, -0.25) is 0 Å². The summed E-state index contributed by atoms with van der Waals surface area (Å²) < 4.78 is 12.8. The zero-order valence-electron chi connectivity index (χ0n) is 9.72. The molecule has 0 aromatic heterocycles. The Balaban J connectivity index is 2.25. The zero-order valence-corrected chi connectivity index (χ0v) is 9.72. The highest BCUT2D eigenvalue weighted by Crippen LogP contribution is 2.09. The molecule has 1 aromatic carbocycles. The lowest BCUT2D eigenvalue weighted by molar-refractivity contribution is 0.615. The highest BCUT2D eigenvalue weighted by molar-refractivity contribution is 5.26. The Labute approximate surface area is 97.1 Å². The van der Waals surface area contributed by atoms with Crippen LogP contribution in [-0.2, 0) is 6.54 Å². The Bertz CT molecular complexity index is 365. The van der Waals surface area contributed by atoms with Crippen LogP contribution in [0.4, 0.5) is 4.39 Å². The molecule has 0 aliphatic heterocycles. The second-order valence-electron chi connectivity index (χ2n) is 3.91. The maximum Gasteiger partial charge on any atom is 0.123 e. The van der Waals surface area contributed by atoms with Crippen molar-refractivity contribution in [2.24, 2.45) is 0 Å². The van der Waals surface area contributed by atoms with Crippen molar-refractivity contribution in [1.82, 2.24) is 5.32 Å². The Hall–Kier alpha value is -1.33. The number of benzene rings is 1. The minimum absolute atomic E-state index is 0.171. The highest BCUT2D eigenvalue weighted by atomic mass is 19.1. The summed E-state index contributed by atoms with van der Waals surface area (Å²) in [4.78, 5) is 0. The van der Waals surface area contributed by atoms with Gasteiger partial charge in [-0.25, -0.2) is 4.39 Å². The molecular weight excluding hydrogens is 201 g/mol. The van der Waals surface area contributed by atoms with Crippen molar-refractivity contribution in [3.8, 4) is 12.3 Å². The van der Waals surface area contributed by atoms with Gasteiger partial charge in [-0.15, -0.1) is 12.3 Å². The van der Waals surface area contributed by atoms with Crippen LogP contribution in [-0.4, -0.2) is 6.54 Å². The fraction of sp³-hybridized carbons (Fsp3) is 0.429. The van der Waals surface area contributed by atoms with Crippen LogP contribution < -0.4 is 5.32 Å². The smallest absolute Gasteiger partial charge is 0.123 e. The molecule has 2 heteroatoms. The lowest BCUT2D eigenvalue weighted by Gasteiger charge is -2.07. The number of halogens is 1. The molecule has 0 spiro atoms. The van der Waals surface area contributed by atoms with Gasteiger partial charge in [0.15, 0.2) is 0 Å². The van der Waals surface area contributed by atoms with E-state index in [-0.39, 0.29) is 5.82 Å². The summed E-state index contributed by atoms with van der Waals surface area (Å²) >= 11 is 0. The molecule has 0 atom stereocenters. The van der Waals surface area contributed by atoms with Gasteiger partial charge in [0.1, 0.15) is 5.82 Å². The summed E-state index contributed by atoms with van der Waals surface area (Å²) in [5, 5.41) is 3.33. The van der Waals surface area contributed by atoms with E-state index in [4.69, 9.17) is 6.42 Å². The fourth-order valence-electron chi connectivity index (χ4n) is 1.56. The summed E-state index contributed by atoms with van der Waals surface area (Å²) in [5.41, 5.74) is 2.15. The van der Waals surface area contributed by atoms with Gasteiger partial charge in [0.2, 0.25) is 0 Å². The molecule has 0 aliphatic rings. The summed E-state index contributed by atoms with van der Waals surface area (Å²) in [6, 6.07) is 4.90.